The molecule has 2 atom stereocenters. The van der Waals surface area contributed by atoms with Gasteiger partial charge in [-0.3, -0.25) is 4.79 Å². The number of hydrogen-bond donors (Lipinski definition) is 2. The van der Waals surface area contributed by atoms with Gasteiger partial charge in [-0.15, -0.1) is 0 Å². The van der Waals surface area contributed by atoms with E-state index in [1.54, 1.807) is 19.1 Å². The summed E-state index contributed by atoms with van der Waals surface area (Å²) in [6, 6.07) is 4.68. The molecule has 0 heterocycles. The SMILES string of the molecule is CCOc1ccc(NC(=O)[C@@H]2CCC[C@@H]2CN)cc1S(=O)(=O)N(C)C. The van der Waals surface area contributed by atoms with Crippen molar-refractivity contribution in [2.75, 3.05) is 32.6 Å². The Hall–Kier alpha value is -1.64. The third-order valence-corrected chi connectivity index (χ3v) is 6.40. The quantitative estimate of drug-likeness (QED) is 0.761. The molecule has 1 saturated carbocycles. The van der Waals surface area contributed by atoms with E-state index in [0.717, 1.165) is 23.6 Å². The van der Waals surface area contributed by atoms with E-state index in [1.807, 2.05) is 0 Å². The van der Waals surface area contributed by atoms with Gasteiger partial charge in [0.2, 0.25) is 15.9 Å². The van der Waals surface area contributed by atoms with Crippen molar-refractivity contribution in [3.8, 4) is 5.75 Å². The highest BCUT2D eigenvalue weighted by molar-refractivity contribution is 7.89. The van der Waals surface area contributed by atoms with E-state index in [0.29, 0.717) is 18.8 Å². The maximum Gasteiger partial charge on any atom is 0.246 e. The highest BCUT2D eigenvalue weighted by Gasteiger charge is 2.32. The molecule has 1 aromatic carbocycles. The van der Waals surface area contributed by atoms with Crippen molar-refractivity contribution in [2.24, 2.45) is 17.6 Å². The molecule has 7 nitrogen and oxygen atoms in total. The lowest BCUT2D eigenvalue weighted by Crippen LogP contribution is -2.30. The fourth-order valence-corrected chi connectivity index (χ4v) is 4.21. The molecule has 0 aliphatic heterocycles. The largest absolute Gasteiger partial charge is 0.492 e. The van der Waals surface area contributed by atoms with Gasteiger partial charge in [-0.2, -0.15) is 0 Å². The topological polar surface area (TPSA) is 102 Å². The Morgan fingerprint density at radius 3 is 2.68 bits per heavy atom. The fraction of sp³-hybridized carbons (Fsp3) is 0.588. The van der Waals surface area contributed by atoms with Gasteiger partial charge in [0.15, 0.2) is 0 Å². The lowest BCUT2D eigenvalue weighted by molar-refractivity contribution is -0.120. The predicted molar refractivity (Wildman–Crippen MR) is 97.0 cm³/mol. The van der Waals surface area contributed by atoms with Crippen molar-refractivity contribution in [1.29, 1.82) is 0 Å². The van der Waals surface area contributed by atoms with Crippen LogP contribution in [0.25, 0.3) is 0 Å². The summed E-state index contributed by atoms with van der Waals surface area (Å²) in [4.78, 5) is 12.6. The maximum atomic E-state index is 12.5. The van der Waals surface area contributed by atoms with Crippen LogP contribution in [0.15, 0.2) is 23.1 Å². The Kier molecular flexibility index (Phi) is 6.42. The zero-order valence-corrected chi connectivity index (χ0v) is 15.8. The van der Waals surface area contributed by atoms with Crippen molar-refractivity contribution in [1.82, 2.24) is 4.31 Å². The molecule has 0 saturated heterocycles. The van der Waals surface area contributed by atoms with Gasteiger partial charge >= 0.3 is 0 Å². The van der Waals surface area contributed by atoms with Gasteiger partial charge in [-0.05, 0) is 50.4 Å². The van der Waals surface area contributed by atoms with E-state index < -0.39 is 10.0 Å². The van der Waals surface area contributed by atoms with E-state index in [-0.39, 0.29) is 28.4 Å². The smallest absolute Gasteiger partial charge is 0.246 e. The van der Waals surface area contributed by atoms with Gasteiger partial charge in [0.1, 0.15) is 10.6 Å². The fourth-order valence-electron chi connectivity index (χ4n) is 3.16. The maximum absolute atomic E-state index is 12.5. The molecule has 1 aliphatic carbocycles. The van der Waals surface area contributed by atoms with Crippen LogP contribution in [0, 0.1) is 11.8 Å². The molecule has 0 aromatic heterocycles. The van der Waals surface area contributed by atoms with Gasteiger partial charge in [-0.1, -0.05) is 6.42 Å². The third kappa shape index (κ3) is 4.31. The Morgan fingerprint density at radius 1 is 1.36 bits per heavy atom. The van der Waals surface area contributed by atoms with Gasteiger partial charge in [-0.25, -0.2) is 12.7 Å². The molecule has 0 spiro atoms. The summed E-state index contributed by atoms with van der Waals surface area (Å²) in [5.41, 5.74) is 6.18. The number of nitrogens with one attached hydrogen (secondary N) is 1. The van der Waals surface area contributed by atoms with Crippen molar-refractivity contribution < 1.29 is 17.9 Å². The standard InChI is InChI=1S/C17H27N3O4S/c1-4-24-15-9-8-13(10-16(15)25(22,23)20(2)3)19-17(21)14-7-5-6-12(14)11-18/h8-10,12,14H,4-7,11,18H2,1-3H3,(H,19,21)/t12-,14-/m1/s1. The second-order valence-electron chi connectivity index (χ2n) is 6.40. The number of rotatable bonds is 7. The molecule has 8 heteroatoms. The summed E-state index contributed by atoms with van der Waals surface area (Å²) in [5, 5.41) is 2.84. The number of anilines is 1. The number of carbonyl (C=O) groups excluding carboxylic acids is 1. The molecule has 2 rings (SSSR count). The van der Waals surface area contributed by atoms with Crippen LogP contribution in [0.2, 0.25) is 0 Å². The summed E-state index contributed by atoms with van der Waals surface area (Å²) in [6.07, 6.45) is 2.76. The number of nitrogens with two attached hydrogens (primary N) is 1. The van der Waals surface area contributed by atoms with Gasteiger partial charge < -0.3 is 15.8 Å². The van der Waals surface area contributed by atoms with Crippen molar-refractivity contribution >= 4 is 21.6 Å². The Balaban J connectivity index is 2.29. The number of ether oxygens (including phenoxy) is 1. The summed E-state index contributed by atoms with van der Waals surface area (Å²) < 4.78 is 31.6. The number of sulfonamides is 1. The van der Waals surface area contributed by atoms with Crippen LogP contribution in [0.3, 0.4) is 0 Å². The highest BCUT2D eigenvalue weighted by Crippen LogP contribution is 2.33. The van der Waals surface area contributed by atoms with Gasteiger partial charge in [0.25, 0.3) is 0 Å². The van der Waals surface area contributed by atoms with Crippen molar-refractivity contribution in [3.05, 3.63) is 18.2 Å². The first-order valence-electron chi connectivity index (χ1n) is 8.51. The molecule has 0 radical (unpaired) electrons. The molecule has 1 aliphatic rings. The summed E-state index contributed by atoms with van der Waals surface area (Å²) in [7, 11) is -0.767. The van der Waals surface area contributed by atoms with Crippen LogP contribution >= 0.6 is 0 Å². The predicted octanol–water partition coefficient (Wildman–Crippen LogP) is 1.65. The van der Waals surface area contributed by atoms with Crippen LogP contribution in [0.4, 0.5) is 5.69 Å². The number of nitrogens with zero attached hydrogens (tertiary/aromatic N) is 1. The van der Waals surface area contributed by atoms with E-state index in [2.05, 4.69) is 5.32 Å². The second-order valence-corrected chi connectivity index (χ2v) is 8.52. The van der Waals surface area contributed by atoms with E-state index in [9.17, 15) is 13.2 Å². The van der Waals surface area contributed by atoms with Crippen LogP contribution in [-0.2, 0) is 14.8 Å². The minimum absolute atomic E-state index is 0.0407. The number of carbonyl (C=O) groups is 1. The zero-order chi connectivity index (χ0) is 18.6. The third-order valence-electron chi connectivity index (χ3n) is 4.57. The van der Waals surface area contributed by atoms with E-state index >= 15 is 0 Å². The Labute approximate surface area is 149 Å². The highest BCUT2D eigenvalue weighted by atomic mass is 32.2. The van der Waals surface area contributed by atoms with Crippen molar-refractivity contribution in [2.45, 2.75) is 31.1 Å². The first-order chi connectivity index (χ1) is 11.8. The lowest BCUT2D eigenvalue weighted by atomic mass is 9.95. The molecule has 0 unspecified atom stereocenters. The van der Waals surface area contributed by atoms with Crippen LogP contribution in [0.1, 0.15) is 26.2 Å². The molecule has 1 fully saturated rings. The van der Waals surface area contributed by atoms with Gasteiger partial charge in [0.05, 0.1) is 6.61 Å². The Bertz CT molecular complexity index is 719. The molecule has 140 valence electrons. The minimum atomic E-state index is -3.69. The molecule has 1 aromatic rings. The van der Waals surface area contributed by atoms with Crippen molar-refractivity contribution in [3.63, 3.8) is 0 Å². The number of amides is 1. The van der Waals surface area contributed by atoms with Crippen LogP contribution in [-0.4, -0.2) is 45.9 Å². The molecule has 25 heavy (non-hydrogen) atoms. The molecule has 3 N–H and O–H groups in total. The number of benzene rings is 1. The normalized spacial score (nSPS) is 20.7. The van der Waals surface area contributed by atoms with Crippen LogP contribution in [0.5, 0.6) is 5.75 Å². The first kappa shape index (κ1) is 19.7. The summed E-state index contributed by atoms with van der Waals surface area (Å²) >= 11 is 0. The Morgan fingerprint density at radius 2 is 2.08 bits per heavy atom. The average molecular weight is 369 g/mol. The van der Waals surface area contributed by atoms with E-state index in [4.69, 9.17) is 10.5 Å². The van der Waals surface area contributed by atoms with E-state index in [1.165, 1.54) is 20.2 Å². The minimum Gasteiger partial charge on any atom is -0.492 e. The molecular weight excluding hydrogens is 342 g/mol. The molecule has 0 bridgehead atoms. The zero-order valence-electron chi connectivity index (χ0n) is 15.0. The van der Waals surface area contributed by atoms with Gasteiger partial charge in [0, 0.05) is 25.7 Å². The second kappa shape index (κ2) is 8.16. The summed E-state index contributed by atoms with van der Waals surface area (Å²) in [5.74, 6) is 0.235. The lowest BCUT2D eigenvalue weighted by Gasteiger charge is -2.19. The first-order valence-corrected chi connectivity index (χ1v) is 9.95. The summed E-state index contributed by atoms with van der Waals surface area (Å²) in [6.45, 7) is 2.62. The van der Waals surface area contributed by atoms with Crippen LogP contribution < -0.4 is 15.8 Å². The molecular formula is C17H27N3O4S. The monoisotopic (exact) mass is 369 g/mol. The average Bonchev–Trinajstić information content (AvgIpc) is 3.05. The number of hydrogen-bond acceptors (Lipinski definition) is 5. The molecule has 1 amide bonds.